The fourth-order valence-electron chi connectivity index (χ4n) is 3.00. The molecular formula is C17H26N2O. The average molecular weight is 274 g/mol. The summed E-state index contributed by atoms with van der Waals surface area (Å²) in [5.74, 6) is 0.909. The van der Waals surface area contributed by atoms with E-state index >= 15 is 0 Å². The van der Waals surface area contributed by atoms with Crippen molar-refractivity contribution in [1.29, 1.82) is 0 Å². The Bertz CT molecular complexity index is 416. The van der Waals surface area contributed by atoms with Gasteiger partial charge < -0.3 is 10.2 Å². The zero-order valence-corrected chi connectivity index (χ0v) is 12.6. The summed E-state index contributed by atoms with van der Waals surface area (Å²) in [5, 5.41) is 3.35. The standard InChI is InChI=1S/C17H26N2O/c1-19(2)17(20)16-13-15(11-12-18-16)10-6-9-14-7-4-3-5-8-14/h3-5,7-8,15-16,18H,6,9-13H2,1-2H3. The van der Waals surface area contributed by atoms with Crippen LogP contribution in [0.4, 0.5) is 0 Å². The van der Waals surface area contributed by atoms with E-state index in [2.05, 4.69) is 35.6 Å². The van der Waals surface area contributed by atoms with Crippen LogP contribution in [0.5, 0.6) is 0 Å². The SMILES string of the molecule is CN(C)C(=O)C1CC(CCCc2ccccc2)CCN1. The van der Waals surface area contributed by atoms with E-state index in [9.17, 15) is 4.79 Å². The van der Waals surface area contributed by atoms with Crippen molar-refractivity contribution in [2.24, 2.45) is 5.92 Å². The summed E-state index contributed by atoms with van der Waals surface area (Å²) in [4.78, 5) is 13.7. The van der Waals surface area contributed by atoms with Gasteiger partial charge in [-0.15, -0.1) is 0 Å². The molecule has 1 aromatic carbocycles. The second kappa shape index (κ2) is 7.44. The Hall–Kier alpha value is -1.35. The van der Waals surface area contributed by atoms with Gasteiger partial charge in [0.25, 0.3) is 0 Å². The van der Waals surface area contributed by atoms with Gasteiger partial charge in [-0.25, -0.2) is 0 Å². The van der Waals surface area contributed by atoms with E-state index < -0.39 is 0 Å². The first-order valence-electron chi connectivity index (χ1n) is 7.65. The molecule has 20 heavy (non-hydrogen) atoms. The monoisotopic (exact) mass is 274 g/mol. The maximum atomic E-state index is 12.0. The van der Waals surface area contributed by atoms with Crippen molar-refractivity contribution in [3.63, 3.8) is 0 Å². The van der Waals surface area contributed by atoms with E-state index in [1.807, 2.05) is 14.1 Å². The molecule has 1 aliphatic heterocycles. The molecule has 0 aliphatic carbocycles. The van der Waals surface area contributed by atoms with E-state index in [0.717, 1.165) is 19.4 Å². The molecule has 0 spiro atoms. The second-order valence-corrected chi connectivity index (χ2v) is 6.01. The van der Waals surface area contributed by atoms with Crippen molar-refractivity contribution in [2.75, 3.05) is 20.6 Å². The summed E-state index contributed by atoms with van der Waals surface area (Å²) in [7, 11) is 3.67. The van der Waals surface area contributed by atoms with Crippen LogP contribution in [0.2, 0.25) is 0 Å². The summed E-state index contributed by atoms with van der Waals surface area (Å²) in [5.41, 5.74) is 1.42. The third-order valence-electron chi connectivity index (χ3n) is 4.17. The van der Waals surface area contributed by atoms with Crippen LogP contribution in [0.15, 0.2) is 30.3 Å². The Morgan fingerprint density at radius 3 is 2.75 bits per heavy atom. The van der Waals surface area contributed by atoms with Gasteiger partial charge in [0.05, 0.1) is 6.04 Å². The molecule has 1 N–H and O–H groups in total. The lowest BCUT2D eigenvalue weighted by atomic mass is 9.87. The molecule has 2 unspecified atom stereocenters. The molecule has 3 nitrogen and oxygen atoms in total. The third-order valence-corrected chi connectivity index (χ3v) is 4.17. The van der Waals surface area contributed by atoms with Crippen LogP contribution in [-0.2, 0) is 11.2 Å². The minimum atomic E-state index is 0.0282. The minimum Gasteiger partial charge on any atom is -0.347 e. The highest BCUT2D eigenvalue weighted by Gasteiger charge is 2.27. The normalized spacial score (nSPS) is 22.5. The fourth-order valence-corrected chi connectivity index (χ4v) is 3.00. The van der Waals surface area contributed by atoms with Crippen molar-refractivity contribution in [2.45, 2.75) is 38.1 Å². The first-order valence-corrected chi connectivity index (χ1v) is 7.65. The smallest absolute Gasteiger partial charge is 0.239 e. The molecular weight excluding hydrogens is 248 g/mol. The number of rotatable bonds is 5. The Labute approximate surface area is 122 Å². The van der Waals surface area contributed by atoms with Crippen molar-refractivity contribution in [3.05, 3.63) is 35.9 Å². The van der Waals surface area contributed by atoms with Crippen molar-refractivity contribution >= 4 is 5.91 Å². The number of piperidine rings is 1. The van der Waals surface area contributed by atoms with Crippen molar-refractivity contribution in [1.82, 2.24) is 10.2 Å². The van der Waals surface area contributed by atoms with Gasteiger partial charge in [-0.2, -0.15) is 0 Å². The summed E-state index contributed by atoms with van der Waals surface area (Å²) in [6, 6.07) is 10.7. The van der Waals surface area contributed by atoms with Crippen LogP contribution in [0.25, 0.3) is 0 Å². The molecule has 1 aromatic rings. The minimum absolute atomic E-state index is 0.0282. The number of amides is 1. The van der Waals surface area contributed by atoms with Crippen LogP contribution in [0.3, 0.4) is 0 Å². The second-order valence-electron chi connectivity index (χ2n) is 6.01. The van der Waals surface area contributed by atoms with Gasteiger partial charge in [-0.3, -0.25) is 4.79 Å². The number of likely N-dealkylation sites (N-methyl/N-ethyl adjacent to an activating group) is 1. The van der Waals surface area contributed by atoms with Gasteiger partial charge in [-0.1, -0.05) is 36.8 Å². The molecule has 0 saturated carbocycles. The van der Waals surface area contributed by atoms with Gasteiger partial charge in [0.2, 0.25) is 5.91 Å². The third kappa shape index (κ3) is 4.34. The lowest BCUT2D eigenvalue weighted by Gasteiger charge is -2.31. The molecule has 1 heterocycles. The topological polar surface area (TPSA) is 32.3 Å². The maximum Gasteiger partial charge on any atom is 0.239 e. The van der Waals surface area contributed by atoms with Crippen molar-refractivity contribution in [3.8, 4) is 0 Å². The Morgan fingerprint density at radius 2 is 2.05 bits per heavy atom. The molecule has 1 saturated heterocycles. The highest BCUT2D eigenvalue weighted by molar-refractivity contribution is 5.81. The first kappa shape index (κ1) is 15.0. The lowest BCUT2D eigenvalue weighted by Crippen LogP contribution is -2.48. The Kier molecular flexibility index (Phi) is 5.60. The average Bonchev–Trinajstić information content (AvgIpc) is 2.48. The molecule has 2 rings (SSSR count). The number of hydrogen-bond donors (Lipinski definition) is 1. The molecule has 2 atom stereocenters. The first-order chi connectivity index (χ1) is 9.66. The largest absolute Gasteiger partial charge is 0.347 e. The van der Waals surface area contributed by atoms with Crippen molar-refractivity contribution < 1.29 is 4.79 Å². The predicted molar refractivity (Wildman–Crippen MR) is 82.6 cm³/mol. The summed E-state index contributed by atoms with van der Waals surface area (Å²) < 4.78 is 0. The zero-order chi connectivity index (χ0) is 14.4. The van der Waals surface area contributed by atoms with Gasteiger partial charge >= 0.3 is 0 Å². The zero-order valence-electron chi connectivity index (χ0n) is 12.6. The molecule has 0 bridgehead atoms. The number of hydrogen-bond acceptors (Lipinski definition) is 2. The van der Waals surface area contributed by atoms with Gasteiger partial charge in [0, 0.05) is 14.1 Å². The van der Waals surface area contributed by atoms with E-state index in [4.69, 9.17) is 0 Å². The van der Waals surface area contributed by atoms with Crippen LogP contribution in [-0.4, -0.2) is 37.5 Å². The van der Waals surface area contributed by atoms with Crippen LogP contribution >= 0.6 is 0 Å². The molecule has 1 amide bonds. The fraction of sp³-hybridized carbons (Fsp3) is 0.588. The molecule has 1 aliphatic rings. The predicted octanol–water partition coefficient (Wildman–Crippen LogP) is 2.47. The molecule has 3 heteroatoms. The van der Waals surface area contributed by atoms with Gasteiger partial charge in [0.1, 0.15) is 0 Å². The highest BCUT2D eigenvalue weighted by atomic mass is 16.2. The van der Waals surface area contributed by atoms with Crippen LogP contribution in [0.1, 0.15) is 31.2 Å². The number of nitrogens with zero attached hydrogens (tertiary/aromatic N) is 1. The quantitative estimate of drug-likeness (QED) is 0.894. The number of nitrogens with one attached hydrogen (secondary N) is 1. The number of carbonyl (C=O) groups is 1. The number of carbonyl (C=O) groups excluding carboxylic acids is 1. The Morgan fingerprint density at radius 1 is 1.30 bits per heavy atom. The summed E-state index contributed by atoms with van der Waals surface area (Å²) in [6.45, 7) is 0.972. The van der Waals surface area contributed by atoms with Crippen LogP contribution < -0.4 is 5.32 Å². The summed E-state index contributed by atoms with van der Waals surface area (Å²) >= 11 is 0. The Balaban J connectivity index is 1.74. The highest BCUT2D eigenvalue weighted by Crippen LogP contribution is 2.23. The molecule has 0 radical (unpaired) electrons. The summed E-state index contributed by atoms with van der Waals surface area (Å²) in [6.07, 6.45) is 5.79. The van der Waals surface area contributed by atoms with E-state index in [1.54, 1.807) is 4.90 Å². The molecule has 110 valence electrons. The van der Waals surface area contributed by atoms with E-state index in [-0.39, 0.29) is 11.9 Å². The number of aryl methyl sites for hydroxylation is 1. The molecule has 0 aromatic heterocycles. The van der Waals surface area contributed by atoms with Gasteiger partial charge in [0.15, 0.2) is 0 Å². The van der Waals surface area contributed by atoms with E-state index in [0.29, 0.717) is 5.92 Å². The maximum absolute atomic E-state index is 12.0. The number of benzene rings is 1. The molecule has 1 fully saturated rings. The van der Waals surface area contributed by atoms with Crippen LogP contribution in [0, 0.1) is 5.92 Å². The van der Waals surface area contributed by atoms with E-state index in [1.165, 1.54) is 24.8 Å². The lowest BCUT2D eigenvalue weighted by molar-refractivity contribution is -0.131. The van der Waals surface area contributed by atoms with Gasteiger partial charge in [-0.05, 0) is 43.7 Å².